The molecule has 3 heterocycles. The zero-order chi connectivity index (χ0) is 26.5. The third-order valence-electron chi connectivity index (χ3n) is 6.79. The molecule has 0 N–H and O–H groups in total. The molecule has 1 amide bonds. The summed E-state index contributed by atoms with van der Waals surface area (Å²) in [4.78, 5) is 47.2. The highest BCUT2D eigenvalue weighted by atomic mass is 32.2. The van der Waals surface area contributed by atoms with E-state index >= 15 is 0 Å². The Morgan fingerprint density at radius 3 is 2.54 bits per heavy atom. The minimum atomic E-state index is -0.497. The van der Waals surface area contributed by atoms with Crippen molar-refractivity contribution in [2.75, 3.05) is 33.9 Å². The second-order valence-corrected chi connectivity index (χ2v) is 9.82. The summed E-state index contributed by atoms with van der Waals surface area (Å²) in [5, 5.41) is 2.64. The summed E-state index contributed by atoms with van der Waals surface area (Å²) in [5.41, 5.74) is 2.74. The number of thioether (sulfide) groups is 1. The SMILES string of the molecule is CCOC(=O)[C@H]1CCCN(C(=O)CC2=CSC3=NC(CC)=C(C(=O)OC)[C@H](c4ccc(OC)cc4)N23)C1. The zero-order valence-corrected chi connectivity index (χ0v) is 22.5. The fourth-order valence-corrected chi connectivity index (χ4v) is 5.87. The van der Waals surface area contributed by atoms with E-state index in [1.54, 1.807) is 18.9 Å². The van der Waals surface area contributed by atoms with Gasteiger partial charge in [-0.2, -0.15) is 0 Å². The fourth-order valence-electron chi connectivity index (χ4n) is 4.94. The van der Waals surface area contributed by atoms with Gasteiger partial charge in [0.2, 0.25) is 5.91 Å². The molecule has 4 rings (SSSR count). The Morgan fingerprint density at radius 2 is 1.89 bits per heavy atom. The number of methoxy groups -OCH3 is 2. The maximum atomic E-state index is 13.4. The van der Waals surface area contributed by atoms with Crippen LogP contribution < -0.4 is 4.74 Å². The summed E-state index contributed by atoms with van der Waals surface area (Å²) in [6.07, 6.45) is 2.16. The first-order valence-electron chi connectivity index (χ1n) is 12.5. The van der Waals surface area contributed by atoms with Crippen molar-refractivity contribution in [3.8, 4) is 5.75 Å². The summed E-state index contributed by atoms with van der Waals surface area (Å²) in [7, 11) is 2.97. The molecule has 3 aliphatic heterocycles. The van der Waals surface area contributed by atoms with Crippen LogP contribution in [0.25, 0.3) is 0 Å². The maximum absolute atomic E-state index is 13.4. The third-order valence-corrected chi connectivity index (χ3v) is 7.68. The Morgan fingerprint density at radius 1 is 1.14 bits per heavy atom. The number of ether oxygens (including phenoxy) is 3. The molecule has 0 unspecified atom stereocenters. The van der Waals surface area contributed by atoms with Crippen molar-refractivity contribution in [1.29, 1.82) is 0 Å². The van der Waals surface area contributed by atoms with Crippen molar-refractivity contribution in [1.82, 2.24) is 9.80 Å². The first kappa shape index (κ1) is 26.8. The first-order chi connectivity index (χ1) is 17.9. The normalized spacial score (nSPS) is 21.2. The summed E-state index contributed by atoms with van der Waals surface area (Å²) < 4.78 is 15.7. The Bertz CT molecular complexity index is 1140. The molecular weight excluding hydrogens is 494 g/mol. The molecule has 198 valence electrons. The average Bonchev–Trinajstić information content (AvgIpc) is 3.33. The molecule has 0 aliphatic carbocycles. The molecule has 3 aliphatic rings. The van der Waals surface area contributed by atoms with Crippen molar-refractivity contribution in [2.24, 2.45) is 10.9 Å². The van der Waals surface area contributed by atoms with Gasteiger partial charge in [0, 0.05) is 18.8 Å². The number of aliphatic imine (C=N–C) groups is 1. The molecule has 0 aromatic heterocycles. The topological polar surface area (TPSA) is 97.7 Å². The van der Waals surface area contributed by atoms with Crippen LogP contribution in [-0.4, -0.2) is 66.7 Å². The number of likely N-dealkylation sites (tertiary alicyclic amines) is 1. The van der Waals surface area contributed by atoms with Gasteiger partial charge < -0.3 is 24.0 Å². The smallest absolute Gasteiger partial charge is 0.338 e. The highest BCUT2D eigenvalue weighted by Crippen LogP contribution is 2.45. The van der Waals surface area contributed by atoms with Crippen LogP contribution in [0.15, 0.2) is 51.6 Å². The largest absolute Gasteiger partial charge is 0.497 e. The number of hydrogen-bond donors (Lipinski definition) is 0. The highest BCUT2D eigenvalue weighted by molar-refractivity contribution is 8.16. The van der Waals surface area contributed by atoms with Crippen LogP contribution in [0.3, 0.4) is 0 Å². The Balaban J connectivity index is 1.62. The van der Waals surface area contributed by atoms with E-state index in [2.05, 4.69) is 0 Å². The lowest BCUT2D eigenvalue weighted by atomic mass is 9.92. The summed E-state index contributed by atoms with van der Waals surface area (Å²) >= 11 is 1.44. The number of piperidine rings is 1. The van der Waals surface area contributed by atoms with Crippen molar-refractivity contribution in [3.63, 3.8) is 0 Å². The number of esters is 2. The molecule has 10 heteroatoms. The standard InChI is InChI=1S/C27H33N3O6S/c1-5-21-23(26(33)35-4)24(17-9-11-20(34-3)12-10-17)30-19(16-37-27(30)28-21)14-22(31)29-13-7-8-18(15-29)25(32)36-6-2/h9-12,16,18,24H,5-8,13-15H2,1-4H3/t18-,24-/m0/s1. The lowest BCUT2D eigenvalue weighted by molar-refractivity contribution is -0.151. The molecule has 37 heavy (non-hydrogen) atoms. The van der Waals surface area contributed by atoms with Crippen LogP contribution in [0.5, 0.6) is 5.75 Å². The molecule has 2 atom stereocenters. The Labute approximate surface area is 221 Å². The predicted molar refractivity (Wildman–Crippen MR) is 141 cm³/mol. The predicted octanol–water partition coefficient (Wildman–Crippen LogP) is 4.03. The Kier molecular flexibility index (Phi) is 8.58. The molecular formula is C27H33N3O6S. The van der Waals surface area contributed by atoms with E-state index in [0.29, 0.717) is 43.1 Å². The highest BCUT2D eigenvalue weighted by Gasteiger charge is 2.42. The number of carbonyl (C=O) groups excluding carboxylic acids is 3. The molecule has 1 saturated heterocycles. The van der Waals surface area contributed by atoms with Gasteiger partial charge in [-0.1, -0.05) is 30.8 Å². The monoisotopic (exact) mass is 527 g/mol. The number of amides is 1. The average molecular weight is 528 g/mol. The molecule has 0 radical (unpaired) electrons. The van der Waals surface area contributed by atoms with E-state index in [1.807, 2.05) is 41.5 Å². The van der Waals surface area contributed by atoms with Gasteiger partial charge in [0.05, 0.1) is 50.5 Å². The summed E-state index contributed by atoms with van der Waals surface area (Å²) in [6.45, 7) is 5.02. The molecule has 1 fully saturated rings. The van der Waals surface area contributed by atoms with Crippen LogP contribution in [0, 0.1) is 5.92 Å². The molecule has 1 aromatic rings. The van der Waals surface area contributed by atoms with Gasteiger partial charge in [0.1, 0.15) is 5.75 Å². The molecule has 0 saturated carbocycles. The number of benzene rings is 1. The third kappa shape index (κ3) is 5.53. The van der Waals surface area contributed by atoms with Gasteiger partial charge in [-0.05, 0) is 49.3 Å². The lowest BCUT2D eigenvalue weighted by Gasteiger charge is -2.37. The number of fused-ring (bicyclic) bond motifs is 1. The minimum Gasteiger partial charge on any atom is -0.497 e. The van der Waals surface area contributed by atoms with Crippen molar-refractivity contribution >= 4 is 34.8 Å². The van der Waals surface area contributed by atoms with Crippen LogP contribution >= 0.6 is 11.8 Å². The van der Waals surface area contributed by atoms with Gasteiger partial charge in [-0.15, -0.1) is 0 Å². The van der Waals surface area contributed by atoms with E-state index in [9.17, 15) is 14.4 Å². The number of amidine groups is 1. The number of carbonyl (C=O) groups is 3. The summed E-state index contributed by atoms with van der Waals surface area (Å²) in [6, 6.07) is 7.03. The van der Waals surface area contributed by atoms with Crippen molar-refractivity contribution in [3.05, 3.63) is 52.2 Å². The molecule has 9 nitrogen and oxygen atoms in total. The van der Waals surface area contributed by atoms with Gasteiger partial charge in [-0.25, -0.2) is 9.79 Å². The number of rotatable bonds is 8. The zero-order valence-electron chi connectivity index (χ0n) is 21.7. The van der Waals surface area contributed by atoms with E-state index in [1.165, 1.54) is 18.9 Å². The Hall–Kier alpha value is -3.27. The fraction of sp³-hybridized carbons (Fsp3) is 0.481. The summed E-state index contributed by atoms with van der Waals surface area (Å²) in [5.74, 6) is -0.363. The molecule has 0 spiro atoms. The van der Waals surface area contributed by atoms with Crippen LogP contribution in [0.4, 0.5) is 0 Å². The van der Waals surface area contributed by atoms with Gasteiger partial charge in [0.25, 0.3) is 0 Å². The van der Waals surface area contributed by atoms with Crippen LogP contribution in [0.1, 0.15) is 51.1 Å². The number of allylic oxidation sites excluding steroid dienone is 1. The molecule has 0 bridgehead atoms. The first-order valence-corrected chi connectivity index (χ1v) is 13.4. The van der Waals surface area contributed by atoms with Crippen LogP contribution in [-0.2, 0) is 23.9 Å². The second-order valence-electron chi connectivity index (χ2n) is 8.98. The van der Waals surface area contributed by atoms with Gasteiger partial charge in [-0.3, -0.25) is 9.59 Å². The van der Waals surface area contributed by atoms with Crippen molar-refractivity contribution < 1.29 is 28.6 Å². The number of nitrogens with zero attached hydrogens (tertiary/aromatic N) is 3. The van der Waals surface area contributed by atoms with Gasteiger partial charge in [0.15, 0.2) is 5.17 Å². The van der Waals surface area contributed by atoms with Crippen molar-refractivity contribution in [2.45, 2.75) is 45.6 Å². The van der Waals surface area contributed by atoms with E-state index in [0.717, 1.165) is 29.3 Å². The van der Waals surface area contributed by atoms with E-state index < -0.39 is 12.0 Å². The quantitative estimate of drug-likeness (QED) is 0.468. The minimum absolute atomic E-state index is 0.0690. The van der Waals surface area contributed by atoms with Crippen LogP contribution in [0.2, 0.25) is 0 Å². The second kappa shape index (κ2) is 11.9. The number of hydrogen-bond acceptors (Lipinski definition) is 9. The lowest BCUT2D eigenvalue weighted by Crippen LogP contribution is -2.44. The van der Waals surface area contributed by atoms with E-state index in [4.69, 9.17) is 19.2 Å². The van der Waals surface area contributed by atoms with Gasteiger partial charge >= 0.3 is 11.9 Å². The molecule has 1 aromatic carbocycles. The van der Waals surface area contributed by atoms with E-state index in [-0.39, 0.29) is 24.2 Å². The maximum Gasteiger partial charge on any atom is 0.338 e.